The molecule has 0 aromatic heterocycles. The molecule has 2 nitrogen and oxygen atoms in total. The summed E-state index contributed by atoms with van der Waals surface area (Å²) in [6.07, 6.45) is 2.36. The first-order valence-electron chi connectivity index (χ1n) is 6.26. The van der Waals surface area contributed by atoms with Crippen LogP contribution in [0.15, 0.2) is 30.3 Å². The van der Waals surface area contributed by atoms with Gasteiger partial charge >= 0.3 is 0 Å². The average molecular weight is 220 g/mol. The summed E-state index contributed by atoms with van der Waals surface area (Å²) >= 11 is 0. The van der Waals surface area contributed by atoms with E-state index in [0.717, 1.165) is 32.6 Å². The van der Waals surface area contributed by atoms with Gasteiger partial charge in [-0.3, -0.25) is 0 Å². The topological polar surface area (TPSA) is 15.3 Å². The van der Waals surface area contributed by atoms with E-state index in [1.807, 2.05) is 0 Å². The predicted octanol–water partition coefficient (Wildman–Crippen LogP) is 2.16. The second kappa shape index (κ2) is 8.31. The highest BCUT2D eigenvalue weighted by Crippen LogP contribution is 2.00. The molecule has 0 radical (unpaired) electrons. The van der Waals surface area contributed by atoms with E-state index in [1.165, 1.54) is 12.0 Å². The zero-order valence-electron chi connectivity index (χ0n) is 10.6. The van der Waals surface area contributed by atoms with Crippen LogP contribution in [0.1, 0.15) is 18.9 Å². The fraction of sp³-hybridized carbons (Fsp3) is 0.571. The number of benzene rings is 1. The lowest BCUT2D eigenvalue weighted by molar-refractivity contribution is 0.336. The summed E-state index contributed by atoms with van der Waals surface area (Å²) in [4.78, 5) is 2.38. The Labute approximate surface area is 99.7 Å². The van der Waals surface area contributed by atoms with E-state index in [1.54, 1.807) is 0 Å². The van der Waals surface area contributed by atoms with Crippen molar-refractivity contribution in [2.24, 2.45) is 0 Å². The van der Waals surface area contributed by atoms with Crippen molar-refractivity contribution in [2.45, 2.75) is 19.8 Å². The van der Waals surface area contributed by atoms with Crippen molar-refractivity contribution in [3.8, 4) is 0 Å². The molecule has 0 amide bonds. The SMILES string of the molecule is CCCNCCN(C)CCc1ccccc1. The molecule has 0 bridgehead atoms. The van der Waals surface area contributed by atoms with Crippen molar-refractivity contribution in [1.82, 2.24) is 10.2 Å². The third kappa shape index (κ3) is 5.89. The van der Waals surface area contributed by atoms with E-state index in [-0.39, 0.29) is 0 Å². The molecule has 0 fully saturated rings. The van der Waals surface area contributed by atoms with E-state index >= 15 is 0 Å². The molecule has 1 N–H and O–H groups in total. The molecule has 1 aromatic carbocycles. The van der Waals surface area contributed by atoms with Crippen molar-refractivity contribution < 1.29 is 0 Å². The number of nitrogens with one attached hydrogen (secondary N) is 1. The van der Waals surface area contributed by atoms with Crippen molar-refractivity contribution in [1.29, 1.82) is 0 Å². The van der Waals surface area contributed by atoms with E-state index in [4.69, 9.17) is 0 Å². The predicted molar refractivity (Wildman–Crippen MR) is 70.8 cm³/mol. The fourth-order valence-corrected chi connectivity index (χ4v) is 1.65. The molecule has 0 saturated carbocycles. The molecule has 1 aromatic rings. The average Bonchev–Trinajstić information content (AvgIpc) is 2.33. The molecule has 0 aliphatic heterocycles. The largest absolute Gasteiger partial charge is 0.315 e. The maximum Gasteiger partial charge on any atom is 0.0104 e. The van der Waals surface area contributed by atoms with Crippen molar-refractivity contribution >= 4 is 0 Å². The second-order valence-corrected chi connectivity index (χ2v) is 4.29. The molecule has 0 heterocycles. The minimum atomic E-state index is 1.10. The summed E-state index contributed by atoms with van der Waals surface area (Å²) in [5.74, 6) is 0. The maximum atomic E-state index is 3.42. The monoisotopic (exact) mass is 220 g/mol. The Balaban J connectivity index is 2.08. The Morgan fingerprint density at radius 2 is 1.81 bits per heavy atom. The first kappa shape index (κ1) is 13.2. The molecule has 16 heavy (non-hydrogen) atoms. The molecule has 0 unspecified atom stereocenters. The smallest absolute Gasteiger partial charge is 0.0104 e. The molecule has 0 spiro atoms. The fourth-order valence-electron chi connectivity index (χ4n) is 1.65. The number of hydrogen-bond donors (Lipinski definition) is 1. The van der Waals surface area contributed by atoms with Crippen LogP contribution in [0, 0.1) is 0 Å². The molecule has 0 aliphatic carbocycles. The van der Waals surface area contributed by atoms with Gasteiger partial charge in [0.15, 0.2) is 0 Å². The molecular weight excluding hydrogens is 196 g/mol. The van der Waals surface area contributed by atoms with Crippen LogP contribution in [0.2, 0.25) is 0 Å². The lowest BCUT2D eigenvalue weighted by Gasteiger charge is -2.16. The lowest BCUT2D eigenvalue weighted by atomic mass is 10.1. The highest BCUT2D eigenvalue weighted by molar-refractivity contribution is 5.14. The van der Waals surface area contributed by atoms with Crippen molar-refractivity contribution in [3.05, 3.63) is 35.9 Å². The Bertz CT molecular complexity index is 259. The van der Waals surface area contributed by atoms with Gasteiger partial charge in [-0.25, -0.2) is 0 Å². The van der Waals surface area contributed by atoms with Gasteiger partial charge in [0.25, 0.3) is 0 Å². The summed E-state index contributed by atoms with van der Waals surface area (Å²) < 4.78 is 0. The third-order valence-corrected chi connectivity index (χ3v) is 2.72. The molecule has 2 heteroatoms. The van der Waals surface area contributed by atoms with Crippen LogP contribution in [-0.4, -0.2) is 38.1 Å². The van der Waals surface area contributed by atoms with Gasteiger partial charge in [0, 0.05) is 19.6 Å². The highest BCUT2D eigenvalue weighted by Gasteiger charge is 1.98. The van der Waals surface area contributed by atoms with Crippen LogP contribution in [0.3, 0.4) is 0 Å². The standard InChI is InChI=1S/C14H24N2/c1-3-10-15-11-13-16(2)12-9-14-7-5-4-6-8-14/h4-8,15H,3,9-13H2,1-2H3. The summed E-state index contributed by atoms with van der Waals surface area (Å²) in [5, 5.41) is 3.42. The Hall–Kier alpha value is -0.860. The number of hydrogen-bond acceptors (Lipinski definition) is 2. The first-order valence-corrected chi connectivity index (χ1v) is 6.26. The van der Waals surface area contributed by atoms with E-state index in [2.05, 4.69) is 54.5 Å². The van der Waals surface area contributed by atoms with Crippen LogP contribution in [0.25, 0.3) is 0 Å². The molecular formula is C14H24N2. The summed E-state index contributed by atoms with van der Waals surface area (Å²) in [6.45, 7) is 6.70. The van der Waals surface area contributed by atoms with Gasteiger partial charge < -0.3 is 10.2 Å². The van der Waals surface area contributed by atoms with Crippen LogP contribution in [-0.2, 0) is 6.42 Å². The number of likely N-dealkylation sites (N-methyl/N-ethyl adjacent to an activating group) is 1. The van der Waals surface area contributed by atoms with Crippen LogP contribution >= 0.6 is 0 Å². The normalized spacial score (nSPS) is 10.9. The molecule has 0 aliphatic rings. The minimum Gasteiger partial charge on any atom is -0.315 e. The van der Waals surface area contributed by atoms with Gasteiger partial charge in [-0.05, 0) is 32.0 Å². The number of nitrogens with zero attached hydrogens (tertiary/aromatic N) is 1. The Kier molecular flexibility index (Phi) is 6.86. The second-order valence-electron chi connectivity index (χ2n) is 4.29. The van der Waals surface area contributed by atoms with E-state index in [9.17, 15) is 0 Å². The first-order chi connectivity index (χ1) is 7.83. The van der Waals surface area contributed by atoms with Gasteiger partial charge in [-0.1, -0.05) is 37.3 Å². The number of rotatable bonds is 8. The van der Waals surface area contributed by atoms with Crippen molar-refractivity contribution in [2.75, 3.05) is 33.2 Å². The van der Waals surface area contributed by atoms with Crippen molar-refractivity contribution in [3.63, 3.8) is 0 Å². The van der Waals surface area contributed by atoms with E-state index < -0.39 is 0 Å². The van der Waals surface area contributed by atoms with Gasteiger partial charge in [0.05, 0.1) is 0 Å². The van der Waals surface area contributed by atoms with Crippen LogP contribution < -0.4 is 5.32 Å². The molecule has 90 valence electrons. The zero-order valence-corrected chi connectivity index (χ0v) is 10.6. The minimum absolute atomic E-state index is 1.10. The Morgan fingerprint density at radius 1 is 1.06 bits per heavy atom. The highest BCUT2D eigenvalue weighted by atomic mass is 15.1. The van der Waals surface area contributed by atoms with E-state index in [0.29, 0.717) is 0 Å². The maximum absolute atomic E-state index is 3.42. The van der Waals surface area contributed by atoms with Gasteiger partial charge in [0.2, 0.25) is 0 Å². The summed E-state index contributed by atoms with van der Waals surface area (Å²) in [6, 6.07) is 10.7. The van der Waals surface area contributed by atoms with Crippen LogP contribution in [0.4, 0.5) is 0 Å². The summed E-state index contributed by atoms with van der Waals surface area (Å²) in [7, 11) is 2.19. The van der Waals surface area contributed by atoms with Gasteiger partial charge in [-0.2, -0.15) is 0 Å². The third-order valence-electron chi connectivity index (χ3n) is 2.72. The Morgan fingerprint density at radius 3 is 2.50 bits per heavy atom. The molecule has 0 atom stereocenters. The summed E-state index contributed by atoms with van der Waals surface area (Å²) in [5.41, 5.74) is 1.43. The zero-order chi connectivity index (χ0) is 11.6. The van der Waals surface area contributed by atoms with Gasteiger partial charge in [-0.15, -0.1) is 0 Å². The lowest BCUT2D eigenvalue weighted by Crippen LogP contribution is -2.30. The van der Waals surface area contributed by atoms with Crippen LogP contribution in [0.5, 0.6) is 0 Å². The quantitative estimate of drug-likeness (QED) is 0.675. The van der Waals surface area contributed by atoms with Gasteiger partial charge in [0.1, 0.15) is 0 Å². The molecule has 0 saturated heterocycles. The molecule has 1 rings (SSSR count).